The van der Waals surface area contributed by atoms with Gasteiger partial charge in [-0.3, -0.25) is 4.79 Å². The number of nitrogens with zero attached hydrogens (tertiary/aromatic N) is 1. The number of furan rings is 1. The predicted octanol–water partition coefficient (Wildman–Crippen LogP) is 1.51. The molecule has 1 aromatic carbocycles. The average Bonchev–Trinajstić information content (AvgIpc) is 3.36. The number of carbonyl (C=O) groups excluding carboxylic acids is 2. The molecule has 1 aliphatic rings. The van der Waals surface area contributed by atoms with Crippen molar-refractivity contribution in [2.24, 2.45) is 0 Å². The summed E-state index contributed by atoms with van der Waals surface area (Å²) in [6.45, 7) is 1.06. The van der Waals surface area contributed by atoms with E-state index < -0.39 is 11.9 Å². The molecule has 2 aromatic rings. The Morgan fingerprint density at radius 2 is 2.04 bits per heavy atom. The van der Waals surface area contributed by atoms with E-state index in [1.54, 1.807) is 24.3 Å². The molecule has 27 heavy (non-hydrogen) atoms. The van der Waals surface area contributed by atoms with Crippen LogP contribution in [0.25, 0.3) is 17.4 Å². The number of aromatic carboxylic acids is 1. The zero-order valence-electron chi connectivity index (χ0n) is 14.4. The monoisotopic (exact) mass is 365 g/mol. The molecule has 2 heterocycles. The van der Waals surface area contributed by atoms with Crippen LogP contribution in [0.3, 0.4) is 0 Å². The Balaban J connectivity index is 1.69. The standard InChI is InChI=1S/C20H18N2O5/c21-11-15(19(23)22-12-17-2-1-9-26-17)10-16-7-8-18(27-16)13-3-5-14(6-4-13)20(24)25/h3-8,10,17H,1-2,9,12H2,(H,22,23)(H,24,25)/p-1/b15-10-/t17-/m0/s1. The first-order chi connectivity index (χ1) is 13.1. The molecule has 0 radical (unpaired) electrons. The van der Waals surface area contributed by atoms with E-state index in [-0.39, 0.29) is 17.2 Å². The molecule has 1 N–H and O–H groups in total. The quantitative estimate of drug-likeness (QED) is 0.613. The summed E-state index contributed by atoms with van der Waals surface area (Å²) in [5.41, 5.74) is 0.669. The highest BCUT2D eigenvalue weighted by Crippen LogP contribution is 2.24. The lowest BCUT2D eigenvalue weighted by Gasteiger charge is -2.09. The lowest BCUT2D eigenvalue weighted by Crippen LogP contribution is -2.32. The number of rotatable bonds is 6. The Morgan fingerprint density at radius 1 is 1.26 bits per heavy atom. The van der Waals surface area contributed by atoms with Gasteiger partial charge in [-0.2, -0.15) is 5.26 Å². The van der Waals surface area contributed by atoms with Gasteiger partial charge in [-0.15, -0.1) is 0 Å². The number of nitriles is 1. The number of ether oxygens (including phenoxy) is 1. The van der Waals surface area contributed by atoms with E-state index in [9.17, 15) is 20.0 Å². The Morgan fingerprint density at radius 3 is 2.67 bits per heavy atom. The number of carboxylic acid groups (broad SMARTS) is 1. The van der Waals surface area contributed by atoms with Gasteiger partial charge in [-0.25, -0.2) is 0 Å². The molecule has 1 atom stereocenters. The maximum absolute atomic E-state index is 12.2. The number of carbonyl (C=O) groups is 2. The molecule has 1 amide bonds. The molecule has 1 fully saturated rings. The second-order valence-electron chi connectivity index (χ2n) is 6.08. The highest BCUT2D eigenvalue weighted by molar-refractivity contribution is 6.01. The Bertz CT molecular complexity index is 899. The van der Waals surface area contributed by atoms with Gasteiger partial charge >= 0.3 is 0 Å². The van der Waals surface area contributed by atoms with E-state index >= 15 is 0 Å². The summed E-state index contributed by atoms with van der Waals surface area (Å²) in [6, 6.07) is 11.2. The molecule has 1 aliphatic heterocycles. The van der Waals surface area contributed by atoms with Crippen molar-refractivity contribution in [3.63, 3.8) is 0 Å². The molecule has 0 unspecified atom stereocenters. The molecule has 0 saturated carbocycles. The van der Waals surface area contributed by atoms with E-state index in [1.807, 2.05) is 6.07 Å². The smallest absolute Gasteiger partial charge is 0.262 e. The number of hydrogen-bond donors (Lipinski definition) is 1. The van der Waals surface area contributed by atoms with Gasteiger partial charge in [0.15, 0.2) is 0 Å². The first-order valence-electron chi connectivity index (χ1n) is 8.50. The highest BCUT2D eigenvalue weighted by Gasteiger charge is 2.18. The number of amides is 1. The van der Waals surface area contributed by atoms with Gasteiger partial charge in [0.1, 0.15) is 23.2 Å². The van der Waals surface area contributed by atoms with Gasteiger partial charge in [0, 0.05) is 24.8 Å². The van der Waals surface area contributed by atoms with Gasteiger partial charge in [-0.1, -0.05) is 24.3 Å². The van der Waals surface area contributed by atoms with E-state index in [1.165, 1.54) is 18.2 Å². The van der Waals surface area contributed by atoms with Crippen LogP contribution >= 0.6 is 0 Å². The van der Waals surface area contributed by atoms with Crippen LogP contribution in [0.5, 0.6) is 0 Å². The summed E-state index contributed by atoms with van der Waals surface area (Å²) >= 11 is 0. The van der Waals surface area contributed by atoms with E-state index in [0.29, 0.717) is 30.2 Å². The van der Waals surface area contributed by atoms with Crippen LogP contribution in [0.4, 0.5) is 0 Å². The zero-order valence-corrected chi connectivity index (χ0v) is 14.4. The van der Waals surface area contributed by atoms with Crippen LogP contribution in [0, 0.1) is 11.3 Å². The predicted molar refractivity (Wildman–Crippen MR) is 94.0 cm³/mol. The zero-order chi connectivity index (χ0) is 19.2. The number of benzene rings is 1. The van der Waals surface area contributed by atoms with Gasteiger partial charge in [-0.05, 0) is 30.5 Å². The van der Waals surface area contributed by atoms with Crippen molar-refractivity contribution in [1.29, 1.82) is 5.26 Å². The molecular weight excluding hydrogens is 348 g/mol. The van der Waals surface area contributed by atoms with Gasteiger partial charge < -0.3 is 24.4 Å². The number of hydrogen-bond acceptors (Lipinski definition) is 6. The highest BCUT2D eigenvalue weighted by atomic mass is 16.5. The molecule has 0 aliphatic carbocycles. The lowest BCUT2D eigenvalue weighted by atomic mass is 10.1. The second-order valence-corrected chi connectivity index (χ2v) is 6.08. The minimum atomic E-state index is -1.25. The van der Waals surface area contributed by atoms with E-state index in [2.05, 4.69) is 5.32 Å². The van der Waals surface area contributed by atoms with Crippen molar-refractivity contribution in [3.8, 4) is 17.4 Å². The minimum Gasteiger partial charge on any atom is -0.545 e. The van der Waals surface area contributed by atoms with Crippen molar-refractivity contribution in [2.45, 2.75) is 18.9 Å². The van der Waals surface area contributed by atoms with E-state index in [0.717, 1.165) is 12.8 Å². The first kappa shape index (κ1) is 18.4. The first-order valence-corrected chi connectivity index (χ1v) is 8.50. The molecule has 1 saturated heterocycles. The van der Waals surface area contributed by atoms with Crippen molar-refractivity contribution in [2.75, 3.05) is 13.2 Å². The van der Waals surface area contributed by atoms with Crippen molar-refractivity contribution >= 4 is 18.0 Å². The minimum absolute atomic E-state index is 0.00641. The van der Waals surface area contributed by atoms with Crippen molar-refractivity contribution < 1.29 is 23.8 Å². The number of nitrogens with one attached hydrogen (secondary N) is 1. The van der Waals surface area contributed by atoms with Crippen LogP contribution < -0.4 is 10.4 Å². The fourth-order valence-electron chi connectivity index (χ4n) is 2.75. The molecular formula is C20H17N2O5-. The molecule has 0 spiro atoms. The Labute approximate surface area is 155 Å². The summed E-state index contributed by atoms with van der Waals surface area (Å²) in [6.07, 6.45) is 3.22. The van der Waals surface area contributed by atoms with Crippen molar-refractivity contribution in [1.82, 2.24) is 5.32 Å². The van der Waals surface area contributed by atoms with Crippen LogP contribution in [-0.4, -0.2) is 31.1 Å². The third kappa shape index (κ3) is 4.63. The normalized spacial score (nSPS) is 16.7. The summed E-state index contributed by atoms with van der Waals surface area (Å²) in [7, 11) is 0. The molecule has 1 aromatic heterocycles. The maximum atomic E-state index is 12.2. The van der Waals surface area contributed by atoms with Crippen LogP contribution in [0.1, 0.15) is 29.0 Å². The molecule has 138 valence electrons. The van der Waals surface area contributed by atoms with Crippen LogP contribution in [0.15, 0.2) is 46.4 Å². The molecule has 7 nitrogen and oxygen atoms in total. The second kappa shape index (κ2) is 8.34. The van der Waals surface area contributed by atoms with E-state index in [4.69, 9.17) is 9.15 Å². The third-order valence-corrected chi connectivity index (χ3v) is 4.20. The summed E-state index contributed by atoms with van der Waals surface area (Å²) in [4.78, 5) is 22.9. The van der Waals surface area contributed by atoms with Crippen molar-refractivity contribution in [3.05, 3.63) is 53.3 Å². The summed E-state index contributed by atoms with van der Waals surface area (Å²) < 4.78 is 11.1. The van der Waals surface area contributed by atoms with Crippen LogP contribution in [0.2, 0.25) is 0 Å². The average molecular weight is 365 g/mol. The number of carboxylic acids is 1. The maximum Gasteiger partial charge on any atom is 0.262 e. The Hall–Kier alpha value is -3.37. The Kier molecular flexibility index (Phi) is 5.69. The fourth-order valence-corrected chi connectivity index (χ4v) is 2.75. The fraction of sp³-hybridized carbons (Fsp3) is 0.250. The third-order valence-electron chi connectivity index (χ3n) is 4.20. The van der Waals surface area contributed by atoms with Crippen LogP contribution in [-0.2, 0) is 9.53 Å². The van der Waals surface area contributed by atoms with Gasteiger partial charge in [0.05, 0.1) is 12.1 Å². The summed E-state index contributed by atoms with van der Waals surface area (Å²) in [5, 5.41) is 22.7. The molecule has 0 bridgehead atoms. The lowest BCUT2D eigenvalue weighted by molar-refractivity contribution is -0.255. The molecule has 7 heteroatoms. The largest absolute Gasteiger partial charge is 0.545 e. The topological polar surface area (TPSA) is 115 Å². The SMILES string of the molecule is N#C/C(=C/c1ccc(-c2ccc(C(=O)[O-])cc2)o1)C(=O)NC[C@@H]1CCCO1. The van der Waals surface area contributed by atoms with Gasteiger partial charge in [0.2, 0.25) is 0 Å². The van der Waals surface area contributed by atoms with Gasteiger partial charge in [0.25, 0.3) is 5.91 Å². The summed E-state index contributed by atoms with van der Waals surface area (Å²) in [5.74, 6) is -0.900. The molecule has 3 rings (SSSR count).